The maximum absolute atomic E-state index is 13.1. The van der Waals surface area contributed by atoms with Gasteiger partial charge in [0.15, 0.2) is 0 Å². The first-order valence-corrected chi connectivity index (χ1v) is 11.9. The second kappa shape index (κ2) is 14.0. The lowest BCUT2D eigenvalue weighted by Gasteiger charge is -2.27. The highest BCUT2D eigenvalue weighted by Crippen LogP contribution is 2.30. The number of carbonyl (C=O) groups excluding carboxylic acids is 4. The molecule has 1 saturated heterocycles. The summed E-state index contributed by atoms with van der Waals surface area (Å²) < 4.78 is 21.6. The summed E-state index contributed by atoms with van der Waals surface area (Å²) in [4.78, 5) is 50.6. The minimum Gasteiger partial charge on any atom is -0.379 e. The minimum absolute atomic E-state index is 0.0922. The van der Waals surface area contributed by atoms with E-state index in [2.05, 4.69) is 5.32 Å². The van der Waals surface area contributed by atoms with Gasteiger partial charge in [0.25, 0.3) is 11.8 Å². The molecule has 1 aromatic rings. The zero-order valence-corrected chi connectivity index (χ0v) is 19.8. The normalized spacial score (nSPS) is 17.7. The first kappa shape index (κ1) is 26.9. The highest BCUT2D eigenvalue weighted by molar-refractivity contribution is 6.24. The molecule has 0 aliphatic carbocycles. The maximum atomic E-state index is 13.1. The van der Waals surface area contributed by atoms with Crippen LogP contribution in [0.1, 0.15) is 45.5 Å². The molecule has 0 saturated carbocycles. The van der Waals surface area contributed by atoms with Gasteiger partial charge in [-0.2, -0.15) is 0 Å². The third-order valence-electron chi connectivity index (χ3n) is 5.67. The van der Waals surface area contributed by atoms with Crippen LogP contribution in [0.15, 0.2) is 18.2 Å². The number of nitrogens with two attached hydrogens (primary N) is 1. The maximum Gasteiger partial charge on any atom is 0.262 e. The molecule has 0 aromatic heterocycles. The van der Waals surface area contributed by atoms with Crippen LogP contribution < -0.4 is 11.1 Å². The molecular weight excluding hydrogens is 458 g/mol. The zero-order chi connectivity index (χ0) is 25.0. The Morgan fingerprint density at radius 2 is 1.49 bits per heavy atom. The number of aryl methyl sites for hydroxylation is 1. The summed E-state index contributed by atoms with van der Waals surface area (Å²) in [5.74, 6) is -2.00. The fraction of sp³-hybridized carbons (Fsp3) is 0.583. The van der Waals surface area contributed by atoms with Crippen molar-refractivity contribution in [1.29, 1.82) is 0 Å². The van der Waals surface area contributed by atoms with Crippen LogP contribution in [-0.4, -0.2) is 94.0 Å². The zero-order valence-electron chi connectivity index (χ0n) is 19.8. The lowest BCUT2D eigenvalue weighted by Crippen LogP contribution is -2.54. The molecule has 11 heteroatoms. The van der Waals surface area contributed by atoms with E-state index >= 15 is 0 Å². The highest BCUT2D eigenvalue weighted by Gasteiger charge is 2.45. The van der Waals surface area contributed by atoms with Crippen molar-refractivity contribution in [2.45, 2.75) is 31.7 Å². The molecule has 3 N–H and O–H groups in total. The number of imide groups is 2. The molecule has 4 amide bonds. The van der Waals surface area contributed by atoms with Gasteiger partial charge in [0, 0.05) is 19.6 Å². The Morgan fingerprint density at radius 3 is 2.11 bits per heavy atom. The van der Waals surface area contributed by atoms with E-state index in [1.165, 1.54) is 0 Å². The van der Waals surface area contributed by atoms with Gasteiger partial charge in [-0.05, 0) is 30.9 Å². The smallest absolute Gasteiger partial charge is 0.262 e. The fourth-order valence-corrected chi connectivity index (χ4v) is 4.00. The van der Waals surface area contributed by atoms with Gasteiger partial charge in [0.05, 0.1) is 57.4 Å². The van der Waals surface area contributed by atoms with E-state index in [0.29, 0.717) is 83.4 Å². The largest absolute Gasteiger partial charge is 0.379 e. The van der Waals surface area contributed by atoms with Crippen LogP contribution in [0.2, 0.25) is 0 Å². The summed E-state index contributed by atoms with van der Waals surface area (Å²) in [6, 6.07) is 4.16. The monoisotopic (exact) mass is 491 g/mol. The quantitative estimate of drug-likeness (QED) is 0.242. The third kappa shape index (κ3) is 7.39. The summed E-state index contributed by atoms with van der Waals surface area (Å²) in [6.45, 7) is 4.35. The molecule has 35 heavy (non-hydrogen) atoms. The van der Waals surface area contributed by atoms with Crippen LogP contribution in [0, 0.1) is 0 Å². The molecule has 11 nitrogen and oxygen atoms in total. The second-order valence-electron chi connectivity index (χ2n) is 8.13. The van der Waals surface area contributed by atoms with Gasteiger partial charge in [-0.15, -0.1) is 0 Å². The Hall–Kier alpha value is -2.70. The number of ether oxygens (including phenoxy) is 4. The topological polar surface area (TPSA) is 146 Å². The van der Waals surface area contributed by atoms with Gasteiger partial charge in [0.1, 0.15) is 6.04 Å². The van der Waals surface area contributed by atoms with E-state index in [1.807, 2.05) is 6.07 Å². The number of piperidine rings is 1. The third-order valence-corrected chi connectivity index (χ3v) is 5.67. The SMILES string of the molecule is NCCOCCOCCOCCOCCCc1cccc2c1C(=O)N(C1CCC(=O)NC1=O)C2=O. The van der Waals surface area contributed by atoms with E-state index in [9.17, 15) is 19.2 Å². The summed E-state index contributed by atoms with van der Waals surface area (Å²) in [5, 5.41) is 2.20. The molecule has 0 radical (unpaired) electrons. The van der Waals surface area contributed by atoms with Crippen molar-refractivity contribution in [2.75, 3.05) is 59.4 Å². The van der Waals surface area contributed by atoms with Crippen LogP contribution in [0.25, 0.3) is 0 Å². The van der Waals surface area contributed by atoms with Crippen molar-refractivity contribution in [1.82, 2.24) is 10.2 Å². The number of carbonyl (C=O) groups is 4. The van der Waals surface area contributed by atoms with E-state index in [1.54, 1.807) is 12.1 Å². The summed E-state index contributed by atoms with van der Waals surface area (Å²) in [6.07, 6.45) is 1.43. The van der Waals surface area contributed by atoms with Crippen LogP contribution >= 0.6 is 0 Å². The molecule has 2 heterocycles. The molecule has 192 valence electrons. The van der Waals surface area contributed by atoms with Crippen LogP contribution in [0.3, 0.4) is 0 Å². The van der Waals surface area contributed by atoms with Crippen LogP contribution in [-0.2, 0) is 35.0 Å². The van der Waals surface area contributed by atoms with Crippen molar-refractivity contribution in [3.8, 4) is 0 Å². The first-order valence-electron chi connectivity index (χ1n) is 11.9. The molecular formula is C24H33N3O8. The number of nitrogens with one attached hydrogen (secondary N) is 1. The van der Waals surface area contributed by atoms with Crippen LogP contribution in [0.5, 0.6) is 0 Å². The number of hydrogen-bond donors (Lipinski definition) is 2. The van der Waals surface area contributed by atoms with Gasteiger partial charge >= 0.3 is 0 Å². The Bertz CT molecular complexity index is 907. The lowest BCUT2D eigenvalue weighted by atomic mass is 9.99. The highest BCUT2D eigenvalue weighted by atomic mass is 16.6. The molecule has 2 aliphatic rings. The number of amides is 4. The molecule has 1 fully saturated rings. The second-order valence-corrected chi connectivity index (χ2v) is 8.13. The van der Waals surface area contributed by atoms with E-state index in [0.717, 1.165) is 10.5 Å². The van der Waals surface area contributed by atoms with Gasteiger partial charge in [-0.3, -0.25) is 29.4 Å². The molecule has 1 atom stereocenters. The van der Waals surface area contributed by atoms with Crippen molar-refractivity contribution < 1.29 is 38.1 Å². The number of benzene rings is 1. The Labute approximate surface area is 204 Å². The predicted molar refractivity (Wildman–Crippen MR) is 124 cm³/mol. The molecule has 0 spiro atoms. The number of nitrogens with zero attached hydrogens (tertiary/aromatic N) is 1. The van der Waals surface area contributed by atoms with Crippen molar-refractivity contribution >= 4 is 23.6 Å². The Morgan fingerprint density at radius 1 is 0.857 bits per heavy atom. The molecule has 0 bridgehead atoms. The Balaban J connectivity index is 1.35. The number of hydrogen-bond acceptors (Lipinski definition) is 9. The summed E-state index contributed by atoms with van der Waals surface area (Å²) in [5.41, 5.74) is 6.68. The predicted octanol–water partition coefficient (Wildman–Crippen LogP) is 0.0455. The standard InChI is InChI=1S/C24H33N3O8/c25-8-10-33-12-14-35-16-15-34-13-11-32-9-2-4-17-3-1-5-18-21(17)24(31)27(23(18)30)19-6-7-20(28)26-22(19)29/h1,3,5,19H,2,4,6-16,25H2,(H,26,28,29). The molecule has 2 aliphatic heterocycles. The number of rotatable bonds is 16. The van der Waals surface area contributed by atoms with Gasteiger partial charge < -0.3 is 24.7 Å². The van der Waals surface area contributed by atoms with Gasteiger partial charge in [-0.1, -0.05) is 12.1 Å². The Kier molecular flexibility index (Phi) is 10.8. The van der Waals surface area contributed by atoms with E-state index < -0.39 is 29.7 Å². The van der Waals surface area contributed by atoms with Crippen LogP contribution in [0.4, 0.5) is 0 Å². The molecule has 1 unspecified atom stereocenters. The molecule has 3 rings (SSSR count). The van der Waals surface area contributed by atoms with Gasteiger partial charge in [-0.25, -0.2) is 0 Å². The fourth-order valence-electron chi connectivity index (χ4n) is 4.00. The van der Waals surface area contributed by atoms with E-state index in [4.69, 9.17) is 24.7 Å². The average molecular weight is 492 g/mol. The average Bonchev–Trinajstić information content (AvgIpc) is 3.10. The first-order chi connectivity index (χ1) is 17.0. The van der Waals surface area contributed by atoms with E-state index in [-0.39, 0.29) is 12.8 Å². The molecule has 1 aromatic carbocycles. The van der Waals surface area contributed by atoms with Crippen molar-refractivity contribution in [3.05, 3.63) is 34.9 Å². The van der Waals surface area contributed by atoms with Crippen molar-refractivity contribution in [2.24, 2.45) is 5.73 Å². The van der Waals surface area contributed by atoms with Crippen molar-refractivity contribution in [3.63, 3.8) is 0 Å². The minimum atomic E-state index is -0.967. The number of fused-ring (bicyclic) bond motifs is 1. The lowest BCUT2D eigenvalue weighted by molar-refractivity contribution is -0.136. The summed E-state index contributed by atoms with van der Waals surface area (Å²) >= 11 is 0. The summed E-state index contributed by atoms with van der Waals surface area (Å²) in [7, 11) is 0. The van der Waals surface area contributed by atoms with Gasteiger partial charge in [0.2, 0.25) is 11.8 Å².